The molecule has 0 unspecified atom stereocenters. The fourth-order valence-electron chi connectivity index (χ4n) is 2.04. The van der Waals surface area contributed by atoms with Crippen LogP contribution < -0.4 is 5.32 Å². The van der Waals surface area contributed by atoms with E-state index < -0.39 is 0 Å². The van der Waals surface area contributed by atoms with E-state index in [-0.39, 0.29) is 5.91 Å². The quantitative estimate of drug-likeness (QED) is 0.843. The van der Waals surface area contributed by atoms with Crippen molar-refractivity contribution in [3.63, 3.8) is 0 Å². The molecule has 112 valence electrons. The summed E-state index contributed by atoms with van der Waals surface area (Å²) < 4.78 is 4.95. The molecule has 0 atom stereocenters. The van der Waals surface area contributed by atoms with Gasteiger partial charge in [0, 0.05) is 12.6 Å². The maximum absolute atomic E-state index is 11.8. The van der Waals surface area contributed by atoms with E-state index in [0.29, 0.717) is 13.1 Å². The van der Waals surface area contributed by atoms with Crippen LogP contribution in [0.3, 0.4) is 0 Å². The molecule has 0 aliphatic carbocycles. The molecule has 0 radical (unpaired) electrons. The van der Waals surface area contributed by atoms with E-state index in [0.717, 1.165) is 24.4 Å². The van der Waals surface area contributed by atoms with Crippen LogP contribution in [-0.2, 0) is 17.8 Å². The second-order valence-corrected chi connectivity index (χ2v) is 5.18. The number of carbonyl (C=O) groups excluding carboxylic acids is 1. The molecule has 2 rings (SSSR count). The third-order valence-electron chi connectivity index (χ3n) is 3.18. The van der Waals surface area contributed by atoms with Crippen molar-refractivity contribution in [2.75, 3.05) is 20.1 Å². The average Bonchev–Trinajstić information content (AvgIpc) is 2.90. The number of benzene rings is 1. The van der Waals surface area contributed by atoms with E-state index in [1.807, 2.05) is 43.1 Å². The van der Waals surface area contributed by atoms with Crippen molar-refractivity contribution in [2.24, 2.45) is 0 Å². The van der Waals surface area contributed by atoms with E-state index in [4.69, 9.17) is 4.52 Å². The molecule has 0 spiro atoms. The summed E-state index contributed by atoms with van der Waals surface area (Å²) in [7, 11) is 1.95. The highest BCUT2D eigenvalue weighted by molar-refractivity contribution is 5.77. The standard InChI is InChI=1S/C16H21N3O2/c1-13-10-15(18-21-13)11-17-16(20)12-19(2)9-8-14-6-4-3-5-7-14/h3-7,10H,8-9,11-12H2,1-2H3,(H,17,20). The topological polar surface area (TPSA) is 58.4 Å². The van der Waals surface area contributed by atoms with Gasteiger partial charge in [-0.1, -0.05) is 35.5 Å². The maximum atomic E-state index is 11.8. The number of nitrogens with one attached hydrogen (secondary N) is 1. The monoisotopic (exact) mass is 287 g/mol. The average molecular weight is 287 g/mol. The zero-order chi connectivity index (χ0) is 15.1. The fraction of sp³-hybridized carbons (Fsp3) is 0.375. The molecule has 0 saturated carbocycles. The predicted octanol–water partition coefficient (Wildman–Crippen LogP) is 1.77. The summed E-state index contributed by atoms with van der Waals surface area (Å²) in [5, 5.41) is 6.68. The normalized spacial score (nSPS) is 10.8. The molecule has 1 aromatic carbocycles. The lowest BCUT2D eigenvalue weighted by atomic mass is 10.1. The zero-order valence-corrected chi connectivity index (χ0v) is 12.5. The summed E-state index contributed by atoms with van der Waals surface area (Å²) >= 11 is 0. The van der Waals surface area contributed by atoms with Gasteiger partial charge in [0.05, 0.1) is 13.1 Å². The lowest BCUT2D eigenvalue weighted by Crippen LogP contribution is -2.35. The minimum absolute atomic E-state index is 0.00813. The van der Waals surface area contributed by atoms with Crippen LogP contribution in [0, 0.1) is 6.92 Å². The molecule has 5 nitrogen and oxygen atoms in total. The zero-order valence-electron chi connectivity index (χ0n) is 12.5. The fourth-order valence-corrected chi connectivity index (χ4v) is 2.04. The molecule has 5 heteroatoms. The molecular weight excluding hydrogens is 266 g/mol. The Labute approximate surface area is 124 Å². The van der Waals surface area contributed by atoms with Gasteiger partial charge < -0.3 is 9.84 Å². The molecule has 1 heterocycles. The van der Waals surface area contributed by atoms with Crippen LogP contribution in [-0.4, -0.2) is 36.1 Å². The Balaban J connectivity index is 1.67. The van der Waals surface area contributed by atoms with Crippen LogP contribution in [0.1, 0.15) is 17.0 Å². The molecule has 0 aliphatic heterocycles. The smallest absolute Gasteiger partial charge is 0.234 e. The lowest BCUT2D eigenvalue weighted by Gasteiger charge is -2.15. The number of likely N-dealkylation sites (N-methyl/N-ethyl adjacent to an activating group) is 1. The van der Waals surface area contributed by atoms with Gasteiger partial charge in [-0.05, 0) is 26.0 Å². The highest BCUT2D eigenvalue weighted by Gasteiger charge is 2.07. The summed E-state index contributed by atoms with van der Waals surface area (Å²) in [4.78, 5) is 13.8. The van der Waals surface area contributed by atoms with Gasteiger partial charge in [0.15, 0.2) is 0 Å². The largest absolute Gasteiger partial charge is 0.361 e. The molecule has 1 amide bonds. The number of amides is 1. The van der Waals surface area contributed by atoms with Crippen LogP contribution >= 0.6 is 0 Å². The van der Waals surface area contributed by atoms with Crippen molar-refractivity contribution in [3.05, 3.63) is 53.4 Å². The lowest BCUT2D eigenvalue weighted by molar-refractivity contribution is -0.122. The summed E-state index contributed by atoms with van der Waals surface area (Å²) in [5.74, 6) is 0.741. The maximum Gasteiger partial charge on any atom is 0.234 e. The van der Waals surface area contributed by atoms with E-state index in [1.54, 1.807) is 0 Å². The number of nitrogens with zero attached hydrogens (tertiary/aromatic N) is 2. The summed E-state index contributed by atoms with van der Waals surface area (Å²) in [6.45, 7) is 3.46. The number of carbonyl (C=O) groups is 1. The molecular formula is C16H21N3O2. The Morgan fingerprint density at radius 1 is 1.33 bits per heavy atom. The van der Waals surface area contributed by atoms with E-state index in [2.05, 4.69) is 22.6 Å². The Morgan fingerprint density at radius 2 is 2.10 bits per heavy atom. The first kappa shape index (κ1) is 15.3. The van der Waals surface area contributed by atoms with E-state index >= 15 is 0 Å². The second-order valence-electron chi connectivity index (χ2n) is 5.18. The van der Waals surface area contributed by atoms with Crippen LogP contribution in [0.5, 0.6) is 0 Å². The number of rotatable bonds is 7. The van der Waals surface area contributed by atoms with Gasteiger partial charge in [0.2, 0.25) is 5.91 Å². The molecule has 2 aromatic rings. The highest BCUT2D eigenvalue weighted by atomic mass is 16.5. The van der Waals surface area contributed by atoms with Crippen molar-refractivity contribution >= 4 is 5.91 Å². The van der Waals surface area contributed by atoms with Gasteiger partial charge in [0.1, 0.15) is 11.5 Å². The summed E-state index contributed by atoms with van der Waals surface area (Å²) in [5.41, 5.74) is 2.02. The molecule has 0 bridgehead atoms. The Bertz CT molecular complexity index is 566. The van der Waals surface area contributed by atoms with Gasteiger partial charge in [0.25, 0.3) is 0 Å². The first-order valence-electron chi connectivity index (χ1n) is 7.05. The van der Waals surface area contributed by atoms with Crippen molar-refractivity contribution in [1.82, 2.24) is 15.4 Å². The van der Waals surface area contributed by atoms with Gasteiger partial charge >= 0.3 is 0 Å². The third-order valence-corrected chi connectivity index (χ3v) is 3.18. The van der Waals surface area contributed by atoms with Gasteiger partial charge in [-0.3, -0.25) is 9.69 Å². The van der Waals surface area contributed by atoms with E-state index in [9.17, 15) is 4.79 Å². The summed E-state index contributed by atoms with van der Waals surface area (Å²) in [6, 6.07) is 12.1. The SMILES string of the molecule is Cc1cc(CNC(=O)CN(C)CCc2ccccc2)no1. The van der Waals surface area contributed by atoms with Gasteiger partial charge in [-0.15, -0.1) is 0 Å². The number of aromatic nitrogens is 1. The molecule has 0 aliphatic rings. The molecule has 21 heavy (non-hydrogen) atoms. The Kier molecular flexibility index (Phi) is 5.51. The van der Waals surface area contributed by atoms with Crippen molar-refractivity contribution in [2.45, 2.75) is 19.9 Å². The number of hydrogen-bond donors (Lipinski definition) is 1. The van der Waals surface area contributed by atoms with Gasteiger partial charge in [-0.25, -0.2) is 0 Å². The molecule has 1 aromatic heterocycles. The second kappa shape index (κ2) is 7.59. The minimum atomic E-state index is -0.00813. The summed E-state index contributed by atoms with van der Waals surface area (Å²) in [6.07, 6.45) is 0.938. The number of aryl methyl sites for hydroxylation is 1. The van der Waals surface area contributed by atoms with Crippen LogP contribution in [0.4, 0.5) is 0 Å². The van der Waals surface area contributed by atoms with Crippen LogP contribution in [0.25, 0.3) is 0 Å². The third kappa shape index (κ3) is 5.39. The van der Waals surface area contributed by atoms with Crippen LogP contribution in [0.2, 0.25) is 0 Å². The van der Waals surface area contributed by atoms with Crippen molar-refractivity contribution in [3.8, 4) is 0 Å². The van der Waals surface area contributed by atoms with Gasteiger partial charge in [-0.2, -0.15) is 0 Å². The molecule has 0 fully saturated rings. The Hall–Kier alpha value is -2.14. The first-order chi connectivity index (χ1) is 10.1. The van der Waals surface area contributed by atoms with E-state index in [1.165, 1.54) is 5.56 Å². The Morgan fingerprint density at radius 3 is 2.76 bits per heavy atom. The highest BCUT2D eigenvalue weighted by Crippen LogP contribution is 2.01. The van der Waals surface area contributed by atoms with Crippen LogP contribution in [0.15, 0.2) is 40.9 Å². The molecule has 0 saturated heterocycles. The first-order valence-corrected chi connectivity index (χ1v) is 7.05. The minimum Gasteiger partial charge on any atom is -0.361 e. The molecule has 1 N–H and O–H groups in total. The predicted molar refractivity (Wildman–Crippen MR) is 80.7 cm³/mol. The van der Waals surface area contributed by atoms with Crippen molar-refractivity contribution in [1.29, 1.82) is 0 Å². The number of hydrogen-bond acceptors (Lipinski definition) is 4. The van der Waals surface area contributed by atoms with Crippen molar-refractivity contribution < 1.29 is 9.32 Å².